The van der Waals surface area contributed by atoms with E-state index in [4.69, 9.17) is 4.74 Å². The number of likely N-dealkylation sites (tertiary alicyclic amines) is 1. The van der Waals surface area contributed by atoms with Crippen LogP contribution in [0.1, 0.15) is 28.8 Å². The zero-order chi connectivity index (χ0) is 24.0. The van der Waals surface area contributed by atoms with E-state index in [1.54, 1.807) is 0 Å². The first kappa shape index (κ1) is 23.1. The molecule has 0 aliphatic carbocycles. The Balaban J connectivity index is 1.24. The van der Waals surface area contributed by atoms with Crippen LogP contribution in [0.2, 0.25) is 0 Å². The van der Waals surface area contributed by atoms with Gasteiger partial charge >= 0.3 is 0 Å². The Labute approximate surface area is 208 Å². The van der Waals surface area contributed by atoms with Crippen LogP contribution in [0.25, 0.3) is 22.3 Å². The number of benzene rings is 4. The molecule has 0 radical (unpaired) electrons. The van der Waals surface area contributed by atoms with Gasteiger partial charge in [0.05, 0.1) is 0 Å². The Hall–Kier alpha value is -3.69. The van der Waals surface area contributed by atoms with Crippen molar-refractivity contribution < 1.29 is 9.53 Å². The molecule has 0 atom stereocenters. The van der Waals surface area contributed by atoms with E-state index < -0.39 is 0 Å². The van der Waals surface area contributed by atoms with Gasteiger partial charge < -0.3 is 9.64 Å². The fourth-order valence-corrected chi connectivity index (χ4v) is 4.71. The largest absolute Gasteiger partial charge is 0.490 e. The molecule has 1 aliphatic heterocycles. The van der Waals surface area contributed by atoms with Crippen LogP contribution in [0, 0.1) is 0 Å². The summed E-state index contributed by atoms with van der Waals surface area (Å²) < 4.78 is 6.18. The second-order valence-corrected chi connectivity index (χ2v) is 9.35. The predicted octanol–water partition coefficient (Wildman–Crippen LogP) is 6.92. The van der Waals surface area contributed by atoms with Gasteiger partial charge in [0.15, 0.2) is 5.78 Å². The highest BCUT2D eigenvalue weighted by molar-refractivity contribution is 6.03. The van der Waals surface area contributed by atoms with Crippen LogP contribution in [0.5, 0.6) is 5.75 Å². The van der Waals surface area contributed by atoms with E-state index in [1.807, 2.05) is 54.6 Å². The van der Waals surface area contributed by atoms with Gasteiger partial charge in [-0.2, -0.15) is 0 Å². The van der Waals surface area contributed by atoms with Gasteiger partial charge in [-0.1, -0.05) is 91.0 Å². The van der Waals surface area contributed by atoms with Gasteiger partial charge in [0.25, 0.3) is 0 Å². The molecule has 4 aromatic carbocycles. The minimum atomic E-state index is 0.132. The van der Waals surface area contributed by atoms with Crippen molar-refractivity contribution in [2.75, 3.05) is 20.1 Å². The highest BCUT2D eigenvalue weighted by Crippen LogP contribution is 2.27. The van der Waals surface area contributed by atoms with Crippen molar-refractivity contribution in [1.82, 2.24) is 4.90 Å². The Morgan fingerprint density at radius 1 is 0.743 bits per heavy atom. The topological polar surface area (TPSA) is 29.5 Å². The van der Waals surface area contributed by atoms with Crippen LogP contribution in [0.15, 0.2) is 103 Å². The maximum Gasteiger partial charge on any atom is 0.167 e. The first-order chi connectivity index (χ1) is 17.2. The molecule has 0 unspecified atom stereocenters. The zero-order valence-electron chi connectivity index (χ0n) is 20.2. The molecule has 35 heavy (non-hydrogen) atoms. The van der Waals surface area contributed by atoms with Gasteiger partial charge in [0, 0.05) is 25.1 Å². The van der Waals surface area contributed by atoms with E-state index in [-0.39, 0.29) is 5.78 Å². The van der Waals surface area contributed by atoms with Gasteiger partial charge in [-0.3, -0.25) is 4.79 Å². The third kappa shape index (κ3) is 5.70. The fraction of sp³-hybridized carbons (Fsp3) is 0.219. The Bertz CT molecular complexity index is 1260. The summed E-state index contributed by atoms with van der Waals surface area (Å²) in [6.07, 6.45) is 2.84. The van der Waals surface area contributed by atoms with Crippen LogP contribution >= 0.6 is 0 Å². The Kier molecular flexibility index (Phi) is 7.06. The van der Waals surface area contributed by atoms with E-state index in [1.165, 1.54) is 0 Å². The standard InChI is InChI=1S/C32H31NO2/c1-33-21-19-29(20-22-33)35-28-17-15-26(16-18-28)25-13-11-24(12-14-25)23-32(34)31-10-6-5-9-30(31)27-7-3-2-4-8-27/h2-18,29H,19-23H2,1H3. The average Bonchev–Trinajstić information content (AvgIpc) is 2.91. The summed E-state index contributed by atoms with van der Waals surface area (Å²) in [5, 5.41) is 0. The molecule has 1 saturated heterocycles. The van der Waals surface area contributed by atoms with Crippen molar-refractivity contribution in [2.24, 2.45) is 0 Å². The van der Waals surface area contributed by atoms with Gasteiger partial charge in [-0.05, 0) is 59.8 Å². The van der Waals surface area contributed by atoms with Crippen molar-refractivity contribution in [3.05, 3.63) is 114 Å². The third-order valence-corrected chi connectivity index (χ3v) is 6.79. The van der Waals surface area contributed by atoms with E-state index in [0.717, 1.165) is 65.1 Å². The van der Waals surface area contributed by atoms with Crippen LogP contribution in [-0.2, 0) is 6.42 Å². The summed E-state index contributed by atoms with van der Waals surface area (Å²) in [5.74, 6) is 1.07. The first-order valence-electron chi connectivity index (χ1n) is 12.4. The van der Waals surface area contributed by atoms with Gasteiger partial charge in [-0.25, -0.2) is 0 Å². The van der Waals surface area contributed by atoms with Gasteiger partial charge in [0.2, 0.25) is 0 Å². The fourth-order valence-electron chi connectivity index (χ4n) is 4.71. The lowest BCUT2D eigenvalue weighted by atomic mass is 9.94. The number of ketones is 1. The third-order valence-electron chi connectivity index (χ3n) is 6.79. The number of ether oxygens (including phenoxy) is 1. The van der Waals surface area contributed by atoms with Crippen molar-refractivity contribution in [2.45, 2.75) is 25.4 Å². The number of carbonyl (C=O) groups excluding carboxylic acids is 1. The minimum Gasteiger partial charge on any atom is -0.490 e. The van der Waals surface area contributed by atoms with E-state index >= 15 is 0 Å². The summed E-state index contributed by atoms with van der Waals surface area (Å²) in [4.78, 5) is 15.5. The number of piperidine rings is 1. The maximum atomic E-state index is 13.2. The van der Waals surface area contributed by atoms with Gasteiger partial charge in [-0.15, -0.1) is 0 Å². The van der Waals surface area contributed by atoms with Crippen LogP contribution in [-0.4, -0.2) is 36.9 Å². The molecule has 0 bridgehead atoms. The Morgan fingerprint density at radius 3 is 2.03 bits per heavy atom. The predicted molar refractivity (Wildman–Crippen MR) is 143 cm³/mol. The molecule has 176 valence electrons. The molecule has 0 spiro atoms. The number of hydrogen-bond donors (Lipinski definition) is 0. The quantitative estimate of drug-likeness (QED) is 0.280. The lowest BCUT2D eigenvalue weighted by Crippen LogP contribution is -2.35. The van der Waals surface area contributed by atoms with Crippen LogP contribution in [0.4, 0.5) is 0 Å². The van der Waals surface area contributed by atoms with Crippen molar-refractivity contribution in [1.29, 1.82) is 0 Å². The second kappa shape index (κ2) is 10.7. The molecule has 3 nitrogen and oxygen atoms in total. The number of Topliss-reactive ketones (excluding diaryl/α,β-unsaturated/α-hetero) is 1. The molecular weight excluding hydrogens is 430 g/mol. The van der Waals surface area contributed by atoms with Crippen molar-refractivity contribution >= 4 is 5.78 Å². The summed E-state index contributed by atoms with van der Waals surface area (Å²) in [5.41, 5.74) is 6.11. The normalized spacial score (nSPS) is 14.5. The lowest BCUT2D eigenvalue weighted by molar-refractivity contribution is 0.0993. The molecular formula is C32H31NO2. The monoisotopic (exact) mass is 461 g/mol. The molecule has 1 aliphatic rings. The highest BCUT2D eigenvalue weighted by Gasteiger charge is 2.18. The van der Waals surface area contributed by atoms with Crippen LogP contribution in [0.3, 0.4) is 0 Å². The van der Waals surface area contributed by atoms with E-state index in [9.17, 15) is 4.79 Å². The number of nitrogens with zero attached hydrogens (tertiary/aromatic N) is 1. The number of carbonyl (C=O) groups is 1. The molecule has 1 fully saturated rings. The Morgan fingerprint density at radius 2 is 1.34 bits per heavy atom. The summed E-state index contributed by atoms with van der Waals surface area (Å²) >= 11 is 0. The molecule has 0 saturated carbocycles. The maximum absolute atomic E-state index is 13.2. The molecule has 0 amide bonds. The van der Waals surface area contributed by atoms with Crippen molar-refractivity contribution in [3.63, 3.8) is 0 Å². The minimum absolute atomic E-state index is 0.132. The van der Waals surface area contributed by atoms with Crippen molar-refractivity contribution in [3.8, 4) is 28.0 Å². The molecule has 0 aromatic heterocycles. The van der Waals surface area contributed by atoms with E-state index in [2.05, 4.69) is 60.5 Å². The molecule has 0 N–H and O–H groups in total. The summed E-state index contributed by atoms with van der Waals surface area (Å²) in [6, 6.07) is 34.6. The van der Waals surface area contributed by atoms with Crippen LogP contribution < -0.4 is 4.74 Å². The van der Waals surface area contributed by atoms with E-state index in [0.29, 0.717) is 12.5 Å². The SMILES string of the molecule is CN1CCC(Oc2ccc(-c3ccc(CC(=O)c4ccccc4-c4ccccc4)cc3)cc2)CC1. The summed E-state index contributed by atoms with van der Waals surface area (Å²) in [7, 11) is 2.16. The highest BCUT2D eigenvalue weighted by atomic mass is 16.5. The molecule has 1 heterocycles. The molecule has 5 rings (SSSR count). The number of rotatable bonds is 7. The number of hydrogen-bond acceptors (Lipinski definition) is 3. The first-order valence-corrected chi connectivity index (χ1v) is 12.4. The zero-order valence-corrected chi connectivity index (χ0v) is 20.2. The molecule has 4 aromatic rings. The average molecular weight is 462 g/mol. The smallest absolute Gasteiger partial charge is 0.167 e. The molecule has 3 heteroatoms. The second-order valence-electron chi connectivity index (χ2n) is 9.35. The lowest BCUT2D eigenvalue weighted by Gasteiger charge is -2.29. The summed E-state index contributed by atoms with van der Waals surface area (Å²) in [6.45, 7) is 2.19. The van der Waals surface area contributed by atoms with Gasteiger partial charge in [0.1, 0.15) is 11.9 Å².